The topological polar surface area (TPSA) is 0 Å². The molecule has 132 valence electrons. The molecule has 0 aromatic heterocycles. The summed E-state index contributed by atoms with van der Waals surface area (Å²) in [7, 11) is -2.35. The molecule has 0 fully saturated rings. The maximum atomic E-state index is 3.67. The van der Waals surface area contributed by atoms with Crippen LogP contribution in [0.4, 0.5) is 0 Å². The van der Waals surface area contributed by atoms with Gasteiger partial charge in [0.25, 0.3) is 0 Å². The van der Waals surface area contributed by atoms with E-state index in [0.717, 1.165) is 12.8 Å². The fourth-order valence-corrected chi connectivity index (χ4v) is 4.93. The summed E-state index contributed by atoms with van der Waals surface area (Å²) >= 11 is 0. The van der Waals surface area contributed by atoms with E-state index in [1.165, 1.54) is 16.3 Å². The monoisotopic (exact) mass is 452 g/mol. The Hall–Kier alpha value is 0.718. The third kappa shape index (κ3) is 8.40. The second kappa shape index (κ2) is 11.4. The number of benzene rings is 1. The molecule has 6 heteroatoms. The minimum Gasteiger partial charge on any atom is -1.00 e. The van der Waals surface area contributed by atoms with Crippen molar-refractivity contribution in [1.82, 2.24) is 0 Å². The van der Waals surface area contributed by atoms with Crippen molar-refractivity contribution in [2.75, 3.05) is 0 Å². The Morgan fingerprint density at radius 2 is 1.33 bits per heavy atom. The number of hydrogen-bond donors (Lipinski definition) is 0. The molecule has 0 bridgehead atoms. The third-order valence-electron chi connectivity index (χ3n) is 3.91. The summed E-state index contributed by atoms with van der Waals surface area (Å²) in [5, 5.41) is 3.05. The van der Waals surface area contributed by atoms with Crippen LogP contribution in [0.5, 0.6) is 0 Å². The number of allylic oxidation sites excluding steroid dienone is 4. The second-order valence-corrected chi connectivity index (χ2v) is 18.0. The molecule has 0 atom stereocenters. The fraction of sp³-hybridized carbons (Fsp3) is 0.444. The average Bonchev–Trinajstić information content (AvgIpc) is 2.77. The van der Waals surface area contributed by atoms with E-state index in [-0.39, 0.29) is 58.9 Å². The van der Waals surface area contributed by atoms with Gasteiger partial charge in [0.1, 0.15) is 0 Å². The third-order valence-corrected chi connectivity index (χ3v) is 7.92. The van der Waals surface area contributed by atoms with Crippen LogP contribution < -0.4 is 42.4 Å². The van der Waals surface area contributed by atoms with Gasteiger partial charge in [-0.3, -0.25) is 6.08 Å². The maximum Gasteiger partial charge on any atom is 4.00 e. The van der Waals surface area contributed by atoms with E-state index in [2.05, 4.69) is 75.7 Å². The molecule has 0 saturated heterocycles. The van der Waals surface area contributed by atoms with Crippen molar-refractivity contribution in [2.24, 2.45) is 0 Å². The maximum absolute atomic E-state index is 3.67. The molecule has 0 N–H and O–H groups in total. The van der Waals surface area contributed by atoms with E-state index in [0.29, 0.717) is 0 Å². The molecule has 1 aliphatic carbocycles. The summed E-state index contributed by atoms with van der Waals surface area (Å²) < 4.78 is 0. The van der Waals surface area contributed by atoms with Crippen LogP contribution in [0, 0.1) is 6.08 Å². The van der Waals surface area contributed by atoms with Crippen LogP contribution in [0.15, 0.2) is 41.1 Å². The van der Waals surface area contributed by atoms with Crippen LogP contribution in [-0.2, 0) is 28.1 Å². The molecule has 0 radical (unpaired) electrons. The molecule has 24 heavy (non-hydrogen) atoms. The Morgan fingerprint density at radius 1 is 0.833 bits per heavy atom. The molecule has 2 rings (SSSR count). The zero-order valence-corrected chi connectivity index (χ0v) is 21.3. The Labute approximate surface area is 184 Å². The van der Waals surface area contributed by atoms with Gasteiger partial charge in [-0.2, -0.15) is 5.57 Å². The minimum absolute atomic E-state index is 0. The van der Waals surface area contributed by atoms with Crippen molar-refractivity contribution >= 4 is 21.3 Å². The smallest absolute Gasteiger partial charge is 1.00 e. The normalized spacial score (nSPS) is 13.4. The molecule has 0 saturated carbocycles. The van der Waals surface area contributed by atoms with E-state index in [1.807, 2.05) is 0 Å². The van der Waals surface area contributed by atoms with Gasteiger partial charge in [-0.05, 0) is 12.0 Å². The van der Waals surface area contributed by atoms with Gasteiger partial charge in [0.05, 0.1) is 8.07 Å². The van der Waals surface area contributed by atoms with Gasteiger partial charge in [-0.25, -0.2) is 11.3 Å². The van der Waals surface area contributed by atoms with Crippen molar-refractivity contribution in [3.8, 4) is 0 Å². The number of halogens is 3. The summed E-state index contributed by atoms with van der Waals surface area (Å²) in [6, 6.07) is 9.30. The Kier molecular flexibility index (Phi) is 14.0. The van der Waals surface area contributed by atoms with Crippen molar-refractivity contribution < 1.29 is 58.9 Å². The molecule has 0 aliphatic heterocycles. The van der Waals surface area contributed by atoms with Crippen LogP contribution in [0.3, 0.4) is 0 Å². The molecule has 1 aromatic carbocycles. The molecular formula is C18H27Cl3Si2Ti. The largest absolute Gasteiger partial charge is 4.00 e. The summed E-state index contributed by atoms with van der Waals surface area (Å²) in [5.74, 6) is 0. The van der Waals surface area contributed by atoms with E-state index < -0.39 is 16.1 Å². The van der Waals surface area contributed by atoms with Gasteiger partial charge in [-0.1, -0.05) is 75.2 Å². The molecule has 0 amide bonds. The van der Waals surface area contributed by atoms with E-state index in [9.17, 15) is 0 Å². The van der Waals surface area contributed by atoms with Crippen LogP contribution in [0.1, 0.15) is 12.0 Å². The molecule has 0 nitrogen and oxygen atoms in total. The van der Waals surface area contributed by atoms with E-state index in [4.69, 9.17) is 0 Å². The second-order valence-electron chi connectivity index (χ2n) is 7.92. The Balaban J connectivity index is -0.00000110. The zero-order chi connectivity index (χ0) is 15.0. The Bertz CT molecular complexity index is 553. The van der Waals surface area contributed by atoms with Crippen molar-refractivity contribution in [1.29, 1.82) is 0 Å². The van der Waals surface area contributed by atoms with Gasteiger partial charge in [0.15, 0.2) is 0 Å². The first-order valence-electron chi connectivity index (χ1n) is 7.58. The van der Waals surface area contributed by atoms with E-state index in [1.54, 1.807) is 5.19 Å². The van der Waals surface area contributed by atoms with Gasteiger partial charge >= 0.3 is 21.7 Å². The van der Waals surface area contributed by atoms with Gasteiger partial charge in [0.2, 0.25) is 0 Å². The molecule has 0 unspecified atom stereocenters. The molecule has 0 heterocycles. The average molecular weight is 454 g/mol. The zero-order valence-electron chi connectivity index (χ0n) is 15.4. The van der Waals surface area contributed by atoms with Crippen LogP contribution >= 0.6 is 0 Å². The first-order chi connectivity index (χ1) is 9.16. The summed E-state index contributed by atoms with van der Waals surface area (Å²) in [6.07, 6.45) is 8.25. The molecule has 1 aromatic rings. The van der Waals surface area contributed by atoms with Gasteiger partial charge < -0.3 is 37.2 Å². The number of rotatable bonds is 4. The van der Waals surface area contributed by atoms with Crippen molar-refractivity contribution in [3.05, 3.63) is 52.8 Å². The number of hydrogen-bond acceptors (Lipinski definition) is 0. The first kappa shape index (κ1) is 29.5. The Morgan fingerprint density at radius 3 is 1.71 bits per heavy atom. The van der Waals surface area contributed by atoms with Crippen molar-refractivity contribution in [2.45, 2.75) is 52.1 Å². The standard InChI is InChI=1S/C18H27Si2.3ClH.Ti/c1-19(2,3)17-10-7-15(8-11-17)13-16-9-12-18(14-16)20(4,5)6;;;;/h7-8,10-12H,9,13H2,1-6H3;3*1H;/q-1;;;;+4/p-3. The first-order valence-corrected chi connectivity index (χ1v) is 14.6. The SMILES string of the molecule is C[Si](C)(C)C1=CCC(Cc2ccc([Si](C)(C)C)cc2)=[C-]1.[Cl-].[Cl-].[Cl-].[Ti+4]. The summed E-state index contributed by atoms with van der Waals surface area (Å²) in [4.78, 5) is 0. The van der Waals surface area contributed by atoms with Crippen molar-refractivity contribution in [3.63, 3.8) is 0 Å². The van der Waals surface area contributed by atoms with Crippen LogP contribution in [0.2, 0.25) is 39.3 Å². The predicted molar refractivity (Wildman–Crippen MR) is 95.9 cm³/mol. The quantitative estimate of drug-likeness (QED) is 0.320. The molecule has 1 aliphatic rings. The van der Waals surface area contributed by atoms with E-state index >= 15 is 0 Å². The van der Waals surface area contributed by atoms with Gasteiger partial charge in [0, 0.05) is 8.07 Å². The summed E-state index contributed by atoms with van der Waals surface area (Å²) in [6.45, 7) is 14.4. The minimum atomic E-state index is -1.18. The van der Waals surface area contributed by atoms with Crippen LogP contribution in [-0.4, -0.2) is 16.1 Å². The van der Waals surface area contributed by atoms with Gasteiger partial charge in [-0.15, -0.1) is 0 Å². The fourth-order valence-electron chi connectivity index (χ4n) is 2.50. The summed E-state index contributed by atoms with van der Waals surface area (Å²) in [5.41, 5.74) is 2.89. The molecular weight excluding hydrogens is 427 g/mol. The predicted octanol–water partition coefficient (Wildman–Crippen LogP) is -4.28. The van der Waals surface area contributed by atoms with Crippen LogP contribution in [0.25, 0.3) is 0 Å². The molecule has 0 spiro atoms.